The quantitative estimate of drug-likeness (QED) is 0.513. The highest BCUT2D eigenvalue weighted by Gasteiger charge is 2.17. The Kier molecular flexibility index (Phi) is 8.02. The zero-order valence-corrected chi connectivity index (χ0v) is 19.3. The van der Waals surface area contributed by atoms with E-state index in [0.29, 0.717) is 17.3 Å². The second-order valence-corrected chi connectivity index (χ2v) is 7.90. The monoisotopic (exact) mass is 447 g/mol. The summed E-state index contributed by atoms with van der Waals surface area (Å²) < 4.78 is 11.4. The second kappa shape index (κ2) is 11.1. The molecule has 7 heteroatoms. The van der Waals surface area contributed by atoms with E-state index in [1.54, 1.807) is 32.2 Å². The van der Waals surface area contributed by atoms with Crippen molar-refractivity contribution in [2.75, 3.05) is 5.32 Å². The van der Waals surface area contributed by atoms with Crippen LogP contribution in [0.15, 0.2) is 66.9 Å². The Balaban J connectivity index is 1.50. The number of nitrogens with zero attached hydrogens (tertiary/aromatic N) is 1. The summed E-state index contributed by atoms with van der Waals surface area (Å²) in [6, 6.07) is 18.5. The predicted octanol–water partition coefficient (Wildman–Crippen LogP) is 4.19. The molecule has 172 valence electrons. The van der Waals surface area contributed by atoms with Crippen LogP contribution in [0.5, 0.6) is 11.5 Å². The van der Waals surface area contributed by atoms with E-state index in [1.807, 2.05) is 62.4 Å². The van der Waals surface area contributed by atoms with Crippen molar-refractivity contribution in [2.24, 2.45) is 0 Å². The number of amides is 2. The largest absolute Gasteiger partial charge is 0.481 e. The van der Waals surface area contributed by atoms with Crippen molar-refractivity contribution < 1.29 is 19.1 Å². The van der Waals surface area contributed by atoms with Crippen LogP contribution in [0.3, 0.4) is 0 Å². The van der Waals surface area contributed by atoms with Crippen LogP contribution in [-0.4, -0.2) is 29.0 Å². The van der Waals surface area contributed by atoms with E-state index in [-0.39, 0.29) is 18.4 Å². The molecule has 0 aliphatic heterocycles. The molecular formula is C26H29N3O4. The molecule has 0 spiro atoms. The van der Waals surface area contributed by atoms with E-state index >= 15 is 0 Å². The molecule has 1 heterocycles. The summed E-state index contributed by atoms with van der Waals surface area (Å²) in [5.74, 6) is 1.09. The smallest absolute Gasteiger partial charge is 0.266 e. The van der Waals surface area contributed by atoms with Crippen LogP contribution in [0.25, 0.3) is 0 Å². The van der Waals surface area contributed by atoms with Crippen LogP contribution in [0.1, 0.15) is 30.5 Å². The van der Waals surface area contributed by atoms with Crippen molar-refractivity contribution in [3.63, 3.8) is 0 Å². The molecule has 0 saturated carbocycles. The van der Waals surface area contributed by atoms with Gasteiger partial charge < -0.3 is 20.1 Å². The Hall–Kier alpha value is -3.87. The molecule has 2 aromatic carbocycles. The lowest BCUT2D eigenvalue weighted by Crippen LogP contribution is -2.36. The third-order valence-corrected chi connectivity index (χ3v) is 4.95. The molecule has 0 saturated heterocycles. The minimum absolute atomic E-state index is 0.238. The number of benzene rings is 2. The van der Waals surface area contributed by atoms with E-state index in [4.69, 9.17) is 9.47 Å². The molecule has 0 unspecified atom stereocenters. The zero-order chi connectivity index (χ0) is 23.8. The second-order valence-electron chi connectivity index (χ2n) is 7.90. The number of anilines is 1. The van der Waals surface area contributed by atoms with Gasteiger partial charge in [-0.25, -0.2) is 4.98 Å². The zero-order valence-electron chi connectivity index (χ0n) is 19.3. The number of hydrogen-bond donors (Lipinski definition) is 2. The number of aromatic nitrogens is 1. The molecule has 2 amide bonds. The first kappa shape index (κ1) is 23.8. The van der Waals surface area contributed by atoms with Gasteiger partial charge in [0.2, 0.25) is 0 Å². The van der Waals surface area contributed by atoms with Gasteiger partial charge in [0, 0.05) is 12.7 Å². The highest BCUT2D eigenvalue weighted by Crippen LogP contribution is 2.15. The minimum atomic E-state index is -0.697. The van der Waals surface area contributed by atoms with Gasteiger partial charge in [0.05, 0.1) is 0 Å². The maximum Gasteiger partial charge on any atom is 0.266 e. The SMILES string of the molecule is Cc1ccc(O[C@@H](C)C(=O)NCc2ccnc(NC(=O)[C@@H](C)Oc3ccc(C)cc3)c2)cc1. The number of ether oxygens (including phenoxy) is 2. The number of carbonyl (C=O) groups is 2. The molecule has 7 nitrogen and oxygen atoms in total. The van der Waals surface area contributed by atoms with Crippen molar-refractivity contribution in [1.29, 1.82) is 0 Å². The number of hydrogen-bond acceptors (Lipinski definition) is 5. The molecule has 0 fully saturated rings. The summed E-state index contributed by atoms with van der Waals surface area (Å²) in [6.45, 7) is 7.63. The normalized spacial score (nSPS) is 12.4. The first-order valence-electron chi connectivity index (χ1n) is 10.8. The summed E-state index contributed by atoms with van der Waals surface area (Å²) >= 11 is 0. The number of rotatable bonds is 9. The van der Waals surface area contributed by atoms with E-state index in [9.17, 15) is 9.59 Å². The Morgan fingerprint density at radius 2 is 1.33 bits per heavy atom. The lowest BCUT2D eigenvalue weighted by atomic mass is 10.2. The lowest BCUT2D eigenvalue weighted by Gasteiger charge is -2.16. The maximum absolute atomic E-state index is 12.5. The van der Waals surface area contributed by atoms with Crippen LogP contribution in [-0.2, 0) is 16.1 Å². The molecule has 3 aromatic rings. The standard InChI is InChI=1S/C26H29N3O4/c1-17-5-9-22(10-6-17)32-19(3)25(30)28-16-21-13-14-27-24(15-21)29-26(31)20(4)33-23-11-7-18(2)8-12-23/h5-15,19-20H,16H2,1-4H3,(H,28,30)(H,27,29,31)/t19-,20+/m0/s1. The first-order valence-corrected chi connectivity index (χ1v) is 10.8. The summed E-state index contributed by atoms with van der Waals surface area (Å²) in [4.78, 5) is 29.1. The number of nitrogens with one attached hydrogen (secondary N) is 2. The molecular weight excluding hydrogens is 418 g/mol. The van der Waals surface area contributed by atoms with Crippen molar-refractivity contribution in [3.05, 3.63) is 83.6 Å². The summed E-state index contributed by atoms with van der Waals surface area (Å²) in [7, 11) is 0. The summed E-state index contributed by atoms with van der Waals surface area (Å²) in [5, 5.41) is 5.59. The predicted molar refractivity (Wildman–Crippen MR) is 127 cm³/mol. The third kappa shape index (κ3) is 7.35. The molecule has 1 aromatic heterocycles. The fraction of sp³-hybridized carbons (Fsp3) is 0.269. The van der Waals surface area contributed by atoms with E-state index in [0.717, 1.165) is 16.7 Å². The first-order chi connectivity index (χ1) is 15.8. The number of aryl methyl sites for hydroxylation is 2. The highest BCUT2D eigenvalue weighted by atomic mass is 16.5. The maximum atomic E-state index is 12.5. The van der Waals surface area contributed by atoms with Crippen LogP contribution in [0.4, 0.5) is 5.82 Å². The van der Waals surface area contributed by atoms with Crippen LogP contribution < -0.4 is 20.1 Å². The van der Waals surface area contributed by atoms with Gasteiger partial charge in [-0.3, -0.25) is 9.59 Å². The van der Waals surface area contributed by atoms with Crippen LogP contribution in [0.2, 0.25) is 0 Å². The van der Waals surface area contributed by atoms with Crippen LogP contribution >= 0.6 is 0 Å². The van der Waals surface area contributed by atoms with Gasteiger partial charge in [-0.2, -0.15) is 0 Å². The van der Waals surface area contributed by atoms with Crippen molar-refractivity contribution in [3.8, 4) is 11.5 Å². The van der Waals surface area contributed by atoms with E-state index in [1.165, 1.54) is 0 Å². The molecule has 0 bridgehead atoms. The molecule has 0 radical (unpaired) electrons. The van der Waals surface area contributed by atoms with Crippen molar-refractivity contribution >= 4 is 17.6 Å². The van der Waals surface area contributed by atoms with Crippen molar-refractivity contribution in [1.82, 2.24) is 10.3 Å². The number of carbonyl (C=O) groups excluding carboxylic acids is 2. The third-order valence-electron chi connectivity index (χ3n) is 4.95. The van der Waals surface area contributed by atoms with Gasteiger partial charge in [0.25, 0.3) is 11.8 Å². The van der Waals surface area contributed by atoms with Crippen LogP contribution in [0, 0.1) is 13.8 Å². The molecule has 33 heavy (non-hydrogen) atoms. The van der Waals surface area contributed by atoms with E-state index < -0.39 is 12.2 Å². The molecule has 2 N–H and O–H groups in total. The summed E-state index contributed by atoms with van der Waals surface area (Å²) in [6.07, 6.45) is 0.237. The van der Waals surface area contributed by atoms with Gasteiger partial charge in [-0.1, -0.05) is 35.4 Å². The van der Waals surface area contributed by atoms with Gasteiger partial charge in [0.15, 0.2) is 12.2 Å². The van der Waals surface area contributed by atoms with Crippen molar-refractivity contribution in [2.45, 2.75) is 46.4 Å². The Morgan fingerprint density at radius 1 is 0.818 bits per heavy atom. The molecule has 0 aliphatic rings. The van der Waals surface area contributed by atoms with E-state index in [2.05, 4.69) is 15.6 Å². The van der Waals surface area contributed by atoms with Gasteiger partial charge >= 0.3 is 0 Å². The minimum Gasteiger partial charge on any atom is -0.481 e. The van der Waals surface area contributed by atoms with Gasteiger partial charge in [-0.15, -0.1) is 0 Å². The van der Waals surface area contributed by atoms with Gasteiger partial charge in [-0.05, 0) is 69.7 Å². The Morgan fingerprint density at radius 3 is 1.88 bits per heavy atom. The fourth-order valence-corrected chi connectivity index (χ4v) is 2.96. The number of pyridine rings is 1. The molecule has 3 rings (SSSR count). The summed E-state index contributed by atoms with van der Waals surface area (Å²) in [5.41, 5.74) is 3.03. The molecule has 0 aliphatic carbocycles. The Labute approximate surface area is 194 Å². The molecule has 2 atom stereocenters. The lowest BCUT2D eigenvalue weighted by molar-refractivity contribution is -0.127. The average Bonchev–Trinajstić information content (AvgIpc) is 2.80. The Bertz CT molecular complexity index is 1080. The topological polar surface area (TPSA) is 89.5 Å². The highest BCUT2D eigenvalue weighted by molar-refractivity contribution is 5.93. The fourth-order valence-electron chi connectivity index (χ4n) is 2.96. The van der Waals surface area contributed by atoms with Gasteiger partial charge in [0.1, 0.15) is 17.3 Å². The average molecular weight is 448 g/mol.